The minimum atomic E-state index is -0.423. The zero-order valence-corrected chi connectivity index (χ0v) is 13.8. The third-order valence-electron chi connectivity index (χ3n) is 4.65. The Bertz CT molecular complexity index is 513. The van der Waals surface area contributed by atoms with Crippen LogP contribution in [0.2, 0.25) is 0 Å². The van der Waals surface area contributed by atoms with Gasteiger partial charge in [0.15, 0.2) is 0 Å². The summed E-state index contributed by atoms with van der Waals surface area (Å²) in [7, 11) is 1.98. The van der Waals surface area contributed by atoms with E-state index in [0.717, 1.165) is 12.8 Å². The predicted molar refractivity (Wildman–Crippen MR) is 93.1 cm³/mol. The van der Waals surface area contributed by atoms with Gasteiger partial charge in [0.05, 0.1) is 6.10 Å². The molecule has 2 aromatic carbocycles. The van der Waals surface area contributed by atoms with Crippen LogP contribution in [0.3, 0.4) is 0 Å². The lowest BCUT2D eigenvalue weighted by Gasteiger charge is -2.41. The molecular weight excluding hydrogens is 270 g/mol. The molecule has 0 radical (unpaired) electrons. The van der Waals surface area contributed by atoms with E-state index in [0.29, 0.717) is 6.04 Å². The predicted octanol–water partition coefficient (Wildman–Crippen LogP) is 3.74. The summed E-state index contributed by atoms with van der Waals surface area (Å²) in [5, 5.41) is 14.3. The van der Waals surface area contributed by atoms with Gasteiger partial charge in [-0.2, -0.15) is 0 Å². The second kappa shape index (κ2) is 7.57. The summed E-state index contributed by atoms with van der Waals surface area (Å²) in [4.78, 5) is 0. The van der Waals surface area contributed by atoms with E-state index in [9.17, 15) is 5.11 Å². The van der Waals surface area contributed by atoms with Crippen LogP contribution in [0, 0.1) is 0 Å². The van der Waals surface area contributed by atoms with Crippen molar-refractivity contribution in [1.82, 2.24) is 5.32 Å². The fraction of sp³-hybridized carbons (Fsp3) is 0.400. The molecule has 2 nitrogen and oxygen atoms in total. The Morgan fingerprint density at radius 3 is 1.77 bits per heavy atom. The number of nitrogens with one attached hydrogen (secondary N) is 1. The second-order valence-corrected chi connectivity index (χ2v) is 6.02. The van der Waals surface area contributed by atoms with Crippen LogP contribution in [-0.2, 0) is 5.41 Å². The van der Waals surface area contributed by atoms with E-state index in [1.54, 1.807) is 0 Å². The first-order chi connectivity index (χ1) is 10.6. The average Bonchev–Trinajstić information content (AvgIpc) is 2.60. The zero-order valence-electron chi connectivity index (χ0n) is 13.8. The maximum atomic E-state index is 11.0. The summed E-state index contributed by atoms with van der Waals surface area (Å²) in [5.41, 5.74) is 1.97. The van der Waals surface area contributed by atoms with Crippen molar-refractivity contribution in [1.29, 1.82) is 0 Å². The molecule has 22 heavy (non-hydrogen) atoms. The average molecular weight is 297 g/mol. The third kappa shape index (κ3) is 3.23. The van der Waals surface area contributed by atoms with Crippen LogP contribution >= 0.6 is 0 Å². The SMILES string of the molecule is CCC(O)C(C[C@H](C)NC)(c1ccccc1)c1ccccc1. The molecule has 0 saturated heterocycles. The van der Waals surface area contributed by atoms with Gasteiger partial charge in [0.1, 0.15) is 0 Å². The summed E-state index contributed by atoms with van der Waals surface area (Å²) < 4.78 is 0. The van der Waals surface area contributed by atoms with E-state index in [4.69, 9.17) is 0 Å². The summed E-state index contributed by atoms with van der Waals surface area (Å²) in [6.45, 7) is 4.22. The lowest BCUT2D eigenvalue weighted by atomic mass is 9.66. The topological polar surface area (TPSA) is 32.3 Å². The summed E-state index contributed by atoms with van der Waals surface area (Å²) in [6.07, 6.45) is 1.15. The van der Waals surface area contributed by atoms with E-state index < -0.39 is 6.10 Å². The van der Waals surface area contributed by atoms with Crippen LogP contribution in [0.15, 0.2) is 60.7 Å². The largest absolute Gasteiger partial charge is 0.392 e. The molecule has 2 aromatic rings. The Morgan fingerprint density at radius 1 is 0.955 bits per heavy atom. The number of hydrogen-bond donors (Lipinski definition) is 2. The van der Waals surface area contributed by atoms with Crippen LogP contribution in [-0.4, -0.2) is 24.3 Å². The summed E-state index contributed by atoms with van der Waals surface area (Å²) in [5.74, 6) is 0. The minimum absolute atomic E-state index is 0.307. The lowest BCUT2D eigenvalue weighted by molar-refractivity contribution is 0.0872. The van der Waals surface area contributed by atoms with Gasteiger partial charge in [-0.3, -0.25) is 0 Å². The molecule has 2 heteroatoms. The molecule has 0 saturated carbocycles. The molecule has 0 heterocycles. The Labute approximate surface area is 134 Å². The molecule has 0 bridgehead atoms. The Balaban J connectivity index is 2.63. The Morgan fingerprint density at radius 2 is 1.41 bits per heavy atom. The highest BCUT2D eigenvalue weighted by Gasteiger charge is 2.41. The molecule has 0 spiro atoms. The summed E-state index contributed by atoms with van der Waals surface area (Å²) in [6, 6.07) is 21.1. The van der Waals surface area contributed by atoms with E-state index in [-0.39, 0.29) is 5.41 Å². The molecule has 2 rings (SSSR count). The molecule has 0 amide bonds. The highest BCUT2D eigenvalue weighted by Crippen LogP contribution is 2.41. The number of benzene rings is 2. The quantitative estimate of drug-likeness (QED) is 0.816. The molecule has 0 aliphatic heterocycles. The first-order valence-corrected chi connectivity index (χ1v) is 8.11. The monoisotopic (exact) mass is 297 g/mol. The van der Waals surface area contributed by atoms with Crippen LogP contribution in [0.5, 0.6) is 0 Å². The number of rotatable bonds is 7. The van der Waals surface area contributed by atoms with Crippen LogP contribution in [0.25, 0.3) is 0 Å². The zero-order chi connectivity index (χ0) is 16.0. The van der Waals surface area contributed by atoms with Crippen molar-refractivity contribution in [2.75, 3.05) is 7.05 Å². The molecule has 0 aliphatic rings. The van der Waals surface area contributed by atoms with Crippen molar-refractivity contribution in [3.63, 3.8) is 0 Å². The molecular formula is C20H27NO. The maximum Gasteiger partial charge on any atom is 0.0675 e. The molecule has 0 aliphatic carbocycles. The van der Waals surface area contributed by atoms with Gasteiger partial charge in [-0.05, 0) is 37.9 Å². The van der Waals surface area contributed by atoms with E-state index in [1.807, 2.05) is 19.2 Å². The van der Waals surface area contributed by atoms with Gasteiger partial charge in [-0.15, -0.1) is 0 Å². The Kier molecular flexibility index (Phi) is 5.76. The fourth-order valence-electron chi connectivity index (χ4n) is 3.33. The molecule has 2 atom stereocenters. The maximum absolute atomic E-state index is 11.0. The van der Waals surface area contributed by atoms with Gasteiger partial charge in [0, 0.05) is 11.5 Å². The Hall–Kier alpha value is -1.64. The highest BCUT2D eigenvalue weighted by atomic mass is 16.3. The standard InChI is InChI=1S/C20H27NO/c1-4-19(22)20(15-16(2)21-3,17-11-7-5-8-12-17)18-13-9-6-10-14-18/h5-14,16,19,21-22H,4,15H2,1-3H3/t16-,19?/m0/s1. The number of aliphatic hydroxyl groups is 1. The van der Waals surface area contributed by atoms with Crippen molar-refractivity contribution >= 4 is 0 Å². The molecule has 2 N–H and O–H groups in total. The van der Waals surface area contributed by atoms with Crippen LogP contribution in [0.1, 0.15) is 37.8 Å². The van der Waals surface area contributed by atoms with Gasteiger partial charge >= 0.3 is 0 Å². The number of hydrogen-bond acceptors (Lipinski definition) is 2. The second-order valence-electron chi connectivity index (χ2n) is 6.02. The van der Waals surface area contributed by atoms with Crippen molar-refractivity contribution in [2.24, 2.45) is 0 Å². The van der Waals surface area contributed by atoms with Gasteiger partial charge in [0.2, 0.25) is 0 Å². The number of aliphatic hydroxyl groups excluding tert-OH is 1. The van der Waals surface area contributed by atoms with Gasteiger partial charge < -0.3 is 10.4 Å². The van der Waals surface area contributed by atoms with Gasteiger partial charge in [-0.1, -0.05) is 67.6 Å². The summed E-state index contributed by atoms with van der Waals surface area (Å²) >= 11 is 0. The van der Waals surface area contributed by atoms with E-state index in [1.165, 1.54) is 11.1 Å². The molecule has 118 valence electrons. The highest BCUT2D eigenvalue weighted by molar-refractivity contribution is 5.41. The molecule has 0 aromatic heterocycles. The van der Waals surface area contributed by atoms with Gasteiger partial charge in [-0.25, -0.2) is 0 Å². The first kappa shape index (κ1) is 16.7. The minimum Gasteiger partial charge on any atom is -0.392 e. The van der Waals surface area contributed by atoms with E-state index in [2.05, 4.69) is 67.7 Å². The molecule has 0 fully saturated rings. The van der Waals surface area contributed by atoms with Crippen molar-refractivity contribution in [3.8, 4) is 0 Å². The van der Waals surface area contributed by atoms with Crippen molar-refractivity contribution in [2.45, 2.75) is 44.2 Å². The third-order valence-corrected chi connectivity index (χ3v) is 4.65. The van der Waals surface area contributed by atoms with Crippen LogP contribution in [0.4, 0.5) is 0 Å². The fourth-order valence-corrected chi connectivity index (χ4v) is 3.33. The lowest BCUT2D eigenvalue weighted by Crippen LogP contribution is -2.45. The van der Waals surface area contributed by atoms with Crippen molar-refractivity contribution < 1.29 is 5.11 Å². The first-order valence-electron chi connectivity index (χ1n) is 8.11. The van der Waals surface area contributed by atoms with Crippen LogP contribution < -0.4 is 5.32 Å². The molecule has 1 unspecified atom stereocenters. The smallest absolute Gasteiger partial charge is 0.0675 e. The normalized spacial score (nSPS) is 14.5. The van der Waals surface area contributed by atoms with E-state index >= 15 is 0 Å². The van der Waals surface area contributed by atoms with Crippen molar-refractivity contribution in [3.05, 3.63) is 71.8 Å². The van der Waals surface area contributed by atoms with Gasteiger partial charge in [0.25, 0.3) is 0 Å².